The molecular weight excluding hydrogens is 178 g/mol. The maximum absolute atomic E-state index is 11.2. The van der Waals surface area contributed by atoms with Crippen molar-refractivity contribution in [2.75, 3.05) is 13.7 Å². The molecule has 1 aliphatic carbocycles. The molecule has 1 saturated carbocycles. The van der Waals surface area contributed by atoms with Crippen LogP contribution in [-0.4, -0.2) is 25.7 Å². The Morgan fingerprint density at radius 3 is 2.67 bits per heavy atom. The van der Waals surface area contributed by atoms with E-state index in [-0.39, 0.29) is 24.3 Å². The molecule has 2 rings (SSSR count). The summed E-state index contributed by atoms with van der Waals surface area (Å²) in [7, 11) is 1.47. The van der Waals surface area contributed by atoms with Gasteiger partial charge in [0.1, 0.15) is 0 Å². The van der Waals surface area contributed by atoms with E-state index in [1.807, 2.05) is 0 Å². The first kappa shape index (κ1) is 9.81. The number of hydrogen-bond acceptors (Lipinski definition) is 3. The number of carbonyl (C=O) groups excluding carboxylic acids is 1. The van der Waals surface area contributed by atoms with Gasteiger partial charge in [-0.1, -0.05) is 0 Å². The van der Waals surface area contributed by atoms with Gasteiger partial charge in [0, 0.05) is 6.04 Å². The first-order valence-electron chi connectivity index (χ1n) is 4.12. The predicted octanol–water partition coefficient (Wildman–Crippen LogP) is 0.579. The van der Waals surface area contributed by atoms with E-state index in [4.69, 9.17) is 4.74 Å². The smallest absolute Gasteiger partial charge is 0.309 e. The van der Waals surface area contributed by atoms with Crippen LogP contribution in [0.2, 0.25) is 0 Å². The van der Waals surface area contributed by atoms with Crippen LogP contribution in [0.25, 0.3) is 0 Å². The maximum atomic E-state index is 11.2. The van der Waals surface area contributed by atoms with Crippen molar-refractivity contribution in [3.63, 3.8) is 0 Å². The van der Waals surface area contributed by atoms with Crippen molar-refractivity contribution in [3.05, 3.63) is 0 Å². The minimum Gasteiger partial charge on any atom is -0.469 e. The van der Waals surface area contributed by atoms with Crippen LogP contribution in [0.1, 0.15) is 12.8 Å². The van der Waals surface area contributed by atoms with Crippen molar-refractivity contribution in [3.8, 4) is 0 Å². The average molecular weight is 192 g/mol. The summed E-state index contributed by atoms with van der Waals surface area (Å²) in [5.74, 6) is 0.720. The zero-order valence-corrected chi connectivity index (χ0v) is 7.89. The van der Waals surface area contributed by atoms with Gasteiger partial charge in [-0.2, -0.15) is 0 Å². The van der Waals surface area contributed by atoms with E-state index in [1.54, 1.807) is 0 Å². The molecule has 2 fully saturated rings. The molecule has 0 aromatic heterocycles. The van der Waals surface area contributed by atoms with Crippen molar-refractivity contribution < 1.29 is 9.53 Å². The van der Waals surface area contributed by atoms with E-state index < -0.39 is 0 Å². The summed E-state index contributed by atoms with van der Waals surface area (Å²) in [6.07, 6.45) is 2.15. The summed E-state index contributed by atoms with van der Waals surface area (Å²) in [6.45, 7) is 1.00. The molecule has 0 spiro atoms. The van der Waals surface area contributed by atoms with Gasteiger partial charge in [-0.3, -0.25) is 4.79 Å². The highest BCUT2D eigenvalue weighted by molar-refractivity contribution is 5.85. The van der Waals surface area contributed by atoms with Crippen molar-refractivity contribution in [1.29, 1.82) is 0 Å². The molecule has 1 aliphatic heterocycles. The van der Waals surface area contributed by atoms with Gasteiger partial charge in [0.15, 0.2) is 0 Å². The van der Waals surface area contributed by atoms with Crippen LogP contribution in [0.3, 0.4) is 0 Å². The predicted molar refractivity (Wildman–Crippen MR) is 47.3 cm³/mol. The highest BCUT2D eigenvalue weighted by atomic mass is 35.5. The van der Waals surface area contributed by atoms with Crippen LogP contribution in [0, 0.1) is 11.8 Å². The Morgan fingerprint density at radius 2 is 2.25 bits per heavy atom. The molecule has 0 amide bonds. The Kier molecular flexibility index (Phi) is 2.96. The number of ether oxygens (including phenoxy) is 1. The standard InChI is InChI=1S/C8H13NO2.ClH/c1-11-8(10)7-3-6-2-5(7)4-9-6;/h5-7,9H,2-4H2,1H3;1H/t5-,6-,7+;/m0./s1. The van der Waals surface area contributed by atoms with Gasteiger partial charge in [0.2, 0.25) is 0 Å². The molecular formula is C8H14ClNO2. The van der Waals surface area contributed by atoms with E-state index in [0.29, 0.717) is 12.0 Å². The molecule has 2 bridgehead atoms. The molecule has 70 valence electrons. The summed E-state index contributed by atoms with van der Waals surface area (Å²) in [4.78, 5) is 11.2. The zero-order valence-electron chi connectivity index (χ0n) is 7.08. The third kappa shape index (κ3) is 1.43. The third-order valence-electron chi connectivity index (χ3n) is 2.87. The zero-order chi connectivity index (χ0) is 7.84. The number of hydrogen-bond donors (Lipinski definition) is 1. The molecule has 3 atom stereocenters. The molecule has 1 N–H and O–H groups in total. The highest BCUT2D eigenvalue weighted by Gasteiger charge is 2.43. The minimum absolute atomic E-state index is 0. The van der Waals surface area contributed by atoms with Crippen LogP contribution in [0.15, 0.2) is 0 Å². The highest BCUT2D eigenvalue weighted by Crippen LogP contribution is 2.36. The Labute approximate surface area is 78.3 Å². The van der Waals surface area contributed by atoms with Crippen LogP contribution < -0.4 is 5.32 Å². The van der Waals surface area contributed by atoms with E-state index in [9.17, 15) is 4.79 Å². The molecule has 1 heterocycles. The fraction of sp³-hybridized carbons (Fsp3) is 0.875. The minimum atomic E-state index is -0.0148. The summed E-state index contributed by atoms with van der Waals surface area (Å²) in [6, 6.07) is 0.587. The first-order chi connectivity index (χ1) is 5.31. The lowest BCUT2D eigenvalue weighted by Crippen LogP contribution is -2.33. The summed E-state index contributed by atoms with van der Waals surface area (Å²) in [5, 5.41) is 3.36. The van der Waals surface area contributed by atoms with Crippen LogP contribution in [0.4, 0.5) is 0 Å². The summed E-state index contributed by atoms with van der Waals surface area (Å²) < 4.78 is 4.72. The molecule has 0 unspecified atom stereocenters. The van der Waals surface area contributed by atoms with Crippen molar-refractivity contribution in [2.24, 2.45) is 11.8 Å². The molecule has 1 saturated heterocycles. The number of methoxy groups -OCH3 is 1. The van der Waals surface area contributed by atoms with E-state index >= 15 is 0 Å². The molecule has 4 heteroatoms. The first-order valence-corrected chi connectivity index (χ1v) is 4.12. The summed E-state index contributed by atoms with van der Waals surface area (Å²) >= 11 is 0. The second kappa shape index (κ2) is 3.62. The SMILES string of the molecule is COC(=O)[C@@H]1C[C@@H]2C[C@H]1CN2.Cl. The van der Waals surface area contributed by atoms with Crippen molar-refractivity contribution in [1.82, 2.24) is 5.32 Å². The molecule has 0 aromatic carbocycles. The molecule has 2 aliphatic rings. The van der Waals surface area contributed by atoms with Gasteiger partial charge >= 0.3 is 5.97 Å². The Bertz CT molecular complexity index is 186. The maximum Gasteiger partial charge on any atom is 0.309 e. The molecule has 12 heavy (non-hydrogen) atoms. The van der Waals surface area contributed by atoms with Crippen molar-refractivity contribution >= 4 is 18.4 Å². The van der Waals surface area contributed by atoms with E-state index in [2.05, 4.69) is 5.32 Å². The molecule has 3 nitrogen and oxygen atoms in total. The Hall–Kier alpha value is -0.280. The number of carbonyl (C=O) groups is 1. The lowest BCUT2D eigenvalue weighted by molar-refractivity contribution is -0.146. The van der Waals surface area contributed by atoms with Crippen molar-refractivity contribution in [2.45, 2.75) is 18.9 Å². The number of piperidine rings is 1. The fourth-order valence-corrected chi connectivity index (χ4v) is 2.28. The van der Waals surface area contributed by atoms with Crippen LogP contribution >= 0.6 is 12.4 Å². The lowest BCUT2D eigenvalue weighted by Gasteiger charge is -2.19. The lowest BCUT2D eigenvalue weighted by atomic mass is 9.96. The second-order valence-electron chi connectivity index (χ2n) is 3.47. The number of halogens is 1. The third-order valence-corrected chi connectivity index (χ3v) is 2.87. The van der Waals surface area contributed by atoms with Crippen LogP contribution in [0.5, 0.6) is 0 Å². The van der Waals surface area contributed by atoms with Gasteiger partial charge in [0.25, 0.3) is 0 Å². The van der Waals surface area contributed by atoms with E-state index in [1.165, 1.54) is 13.5 Å². The monoisotopic (exact) mass is 191 g/mol. The number of nitrogens with one attached hydrogen (secondary N) is 1. The van der Waals surface area contributed by atoms with Gasteiger partial charge < -0.3 is 10.1 Å². The quantitative estimate of drug-likeness (QED) is 0.617. The average Bonchev–Trinajstić information content (AvgIpc) is 2.62. The van der Waals surface area contributed by atoms with Gasteiger partial charge in [-0.15, -0.1) is 12.4 Å². The topological polar surface area (TPSA) is 38.3 Å². The largest absolute Gasteiger partial charge is 0.469 e. The van der Waals surface area contributed by atoms with Gasteiger partial charge in [-0.25, -0.2) is 0 Å². The normalized spacial score (nSPS) is 37.6. The molecule has 0 aromatic rings. The van der Waals surface area contributed by atoms with Crippen LogP contribution in [-0.2, 0) is 9.53 Å². The second-order valence-corrected chi connectivity index (χ2v) is 3.47. The number of esters is 1. The summed E-state index contributed by atoms with van der Waals surface area (Å²) in [5.41, 5.74) is 0. The van der Waals surface area contributed by atoms with E-state index in [0.717, 1.165) is 13.0 Å². The number of fused-ring (bicyclic) bond motifs is 2. The Morgan fingerprint density at radius 1 is 1.50 bits per heavy atom. The number of rotatable bonds is 1. The Balaban J connectivity index is 0.000000720. The van der Waals surface area contributed by atoms with Gasteiger partial charge in [-0.05, 0) is 25.3 Å². The van der Waals surface area contributed by atoms with Gasteiger partial charge in [0.05, 0.1) is 13.0 Å². The molecule has 0 radical (unpaired) electrons. The fourth-order valence-electron chi connectivity index (χ4n) is 2.28.